The third-order valence-corrected chi connectivity index (χ3v) is 4.32. The van der Waals surface area contributed by atoms with E-state index in [-0.39, 0.29) is 0 Å². The van der Waals surface area contributed by atoms with Crippen molar-refractivity contribution in [1.29, 1.82) is 0 Å². The lowest BCUT2D eigenvalue weighted by Gasteiger charge is -2.34. The van der Waals surface area contributed by atoms with E-state index in [4.69, 9.17) is 5.73 Å². The van der Waals surface area contributed by atoms with Gasteiger partial charge < -0.3 is 10.6 Å². The van der Waals surface area contributed by atoms with Gasteiger partial charge in [-0.2, -0.15) is 4.98 Å². The summed E-state index contributed by atoms with van der Waals surface area (Å²) in [4.78, 5) is 19.6. The summed E-state index contributed by atoms with van der Waals surface area (Å²) >= 11 is 0. The average molecular weight is 298 g/mol. The highest BCUT2D eigenvalue weighted by molar-refractivity contribution is 5.52. The summed E-state index contributed by atoms with van der Waals surface area (Å²) in [6.07, 6.45) is 6.57. The number of aryl methyl sites for hydroxylation is 1. The van der Waals surface area contributed by atoms with E-state index in [0.29, 0.717) is 11.9 Å². The Balaban J connectivity index is 1.88. The molecule has 0 aromatic carbocycles. The average Bonchev–Trinajstić information content (AvgIpc) is 2.57. The van der Waals surface area contributed by atoms with Gasteiger partial charge in [-0.15, -0.1) is 0 Å². The number of aromatic nitrogens is 4. The predicted molar refractivity (Wildman–Crippen MR) is 86.8 cm³/mol. The molecule has 0 aliphatic carbocycles. The maximum atomic E-state index is 5.89. The number of nitrogens with two attached hydrogens (primary N) is 1. The molecule has 1 atom stereocenters. The Morgan fingerprint density at radius 3 is 2.95 bits per heavy atom. The summed E-state index contributed by atoms with van der Waals surface area (Å²) in [6, 6.07) is 2.01. The van der Waals surface area contributed by atoms with Crippen LogP contribution < -0.4 is 10.6 Å². The molecule has 6 heteroatoms. The van der Waals surface area contributed by atoms with Gasteiger partial charge in [0.1, 0.15) is 12.1 Å². The van der Waals surface area contributed by atoms with E-state index in [1.807, 2.05) is 12.3 Å². The van der Waals surface area contributed by atoms with E-state index in [1.54, 1.807) is 6.33 Å². The summed E-state index contributed by atoms with van der Waals surface area (Å²) < 4.78 is 0. The minimum Gasteiger partial charge on any atom is -0.368 e. The lowest BCUT2D eigenvalue weighted by atomic mass is 9.94. The number of anilines is 2. The van der Waals surface area contributed by atoms with Crippen molar-refractivity contribution in [3.8, 4) is 0 Å². The van der Waals surface area contributed by atoms with Crippen molar-refractivity contribution in [2.24, 2.45) is 0 Å². The van der Waals surface area contributed by atoms with Gasteiger partial charge in [-0.25, -0.2) is 15.0 Å². The lowest BCUT2D eigenvalue weighted by molar-refractivity contribution is 0.497. The second-order valence-electron chi connectivity index (χ2n) is 5.75. The van der Waals surface area contributed by atoms with Crippen LogP contribution in [0.5, 0.6) is 0 Å². The number of nitrogens with zero attached hydrogens (tertiary/aromatic N) is 5. The Labute approximate surface area is 130 Å². The molecule has 0 radical (unpaired) electrons. The summed E-state index contributed by atoms with van der Waals surface area (Å²) in [5.74, 6) is 1.75. The molecule has 0 spiro atoms. The third-order valence-electron chi connectivity index (χ3n) is 4.32. The molecule has 2 N–H and O–H groups in total. The third kappa shape index (κ3) is 2.86. The Bertz CT molecular complexity index is 643. The highest BCUT2D eigenvalue weighted by atomic mass is 15.2. The molecule has 3 rings (SSSR count). The number of hydrogen-bond donors (Lipinski definition) is 1. The summed E-state index contributed by atoms with van der Waals surface area (Å²) in [5, 5.41) is 0. The molecule has 0 bridgehead atoms. The standard InChI is InChI=1S/C16H22N6/c1-3-13-11(2)15(21-16(17)20-13)22-8-4-5-12(9-22)14-6-7-18-10-19-14/h6-7,10,12H,3-5,8-9H2,1-2H3,(H2,17,20,21)/t12-/m1/s1. The fourth-order valence-electron chi connectivity index (χ4n) is 3.17. The Hall–Kier alpha value is -2.24. The van der Waals surface area contributed by atoms with Crippen LogP contribution in [0.3, 0.4) is 0 Å². The summed E-state index contributed by atoms with van der Waals surface area (Å²) in [7, 11) is 0. The van der Waals surface area contributed by atoms with Crippen molar-refractivity contribution >= 4 is 11.8 Å². The van der Waals surface area contributed by atoms with E-state index in [9.17, 15) is 0 Å². The van der Waals surface area contributed by atoms with E-state index in [2.05, 4.69) is 38.7 Å². The summed E-state index contributed by atoms with van der Waals surface area (Å²) in [5.41, 5.74) is 9.17. The Morgan fingerprint density at radius 1 is 1.36 bits per heavy atom. The SMILES string of the molecule is CCc1nc(N)nc(N2CCC[C@@H](c3ccncn3)C2)c1C. The van der Waals surface area contributed by atoms with Crippen LogP contribution in [0.2, 0.25) is 0 Å². The second kappa shape index (κ2) is 6.25. The zero-order valence-corrected chi connectivity index (χ0v) is 13.2. The van der Waals surface area contributed by atoms with Crippen LogP contribution in [-0.4, -0.2) is 33.0 Å². The van der Waals surface area contributed by atoms with Gasteiger partial charge in [0.15, 0.2) is 0 Å². The highest BCUT2D eigenvalue weighted by Gasteiger charge is 2.25. The van der Waals surface area contributed by atoms with Crippen LogP contribution in [0.25, 0.3) is 0 Å². The molecule has 6 nitrogen and oxygen atoms in total. The molecule has 1 aliphatic rings. The van der Waals surface area contributed by atoms with Gasteiger partial charge in [0.05, 0.1) is 5.69 Å². The topological polar surface area (TPSA) is 80.8 Å². The molecule has 1 aliphatic heterocycles. The van der Waals surface area contributed by atoms with Crippen LogP contribution in [0.4, 0.5) is 11.8 Å². The van der Waals surface area contributed by atoms with Gasteiger partial charge in [-0.3, -0.25) is 0 Å². The maximum absolute atomic E-state index is 5.89. The molecule has 0 amide bonds. The van der Waals surface area contributed by atoms with Crippen LogP contribution >= 0.6 is 0 Å². The maximum Gasteiger partial charge on any atom is 0.222 e. The lowest BCUT2D eigenvalue weighted by Crippen LogP contribution is -2.36. The van der Waals surface area contributed by atoms with Gasteiger partial charge in [-0.05, 0) is 32.3 Å². The molecule has 116 valence electrons. The highest BCUT2D eigenvalue weighted by Crippen LogP contribution is 2.30. The van der Waals surface area contributed by atoms with Crippen molar-refractivity contribution in [2.45, 2.75) is 39.0 Å². The fraction of sp³-hybridized carbons (Fsp3) is 0.500. The molecule has 2 aromatic rings. The Morgan fingerprint density at radius 2 is 2.23 bits per heavy atom. The predicted octanol–water partition coefficient (Wildman–Crippen LogP) is 2.10. The number of piperidine rings is 1. The minimum atomic E-state index is 0.363. The second-order valence-corrected chi connectivity index (χ2v) is 5.75. The van der Waals surface area contributed by atoms with Crippen LogP contribution in [0.15, 0.2) is 18.6 Å². The van der Waals surface area contributed by atoms with E-state index >= 15 is 0 Å². The molecule has 0 saturated carbocycles. The first-order valence-corrected chi connectivity index (χ1v) is 7.83. The monoisotopic (exact) mass is 298 g/mol. The van der Waals surface area contributed by atoms with Gasteiger partial charge >= 0.3 is 0 Å². The van der Waals surface area contributed by atoms with Gasteiger partial charge in [0.25, 0.3) is 0 Å². The van der Waals surface area contributed by atoms with Crippen molar-refractivity contribution in [3.63, 3.8) is 0 Å². The van der Waals surface area contributed by atoms with Crippen molar-refractivity contribution < 1.29 is 0 Å². The fourth-order valence-corrected chi connectivity index (χ4v) is 3.17. The number of nitrogen functional groups attached to an aromatic ring is 1. The van der Waals surface area contributed by atoms with Gasteiger partial charge in [-0.1, -0.05) is 6.92 Å². The number of rotatable bonds is 3. The van der Waals surface area contributed by atoms with Gasteiger partial charge in [0, 0.05) is 36.5 Å². The van der Waals surface area contributed by atoms with Crippen LogP contribution in [-0.2, 0) is 6.42 Å². The molecular formula is C16H22N6. The minimum absolute atomic E-state index is 0.363. The first kappa shape index (κ1) is 14.7. The van der Waals surface area contributed by atoms with Crippen molar-refractivity contribution in [1.82, 2.24) is 19.9 Å². The van der Waals surface area contributed by atoms with Gasteiger partial charge in [0.2, 0.25) is 5.95 Å². The molecule has 2 aromatic heterocycles. The normalized spacial score (nSPS) is 18.5. The zero-order chi connectivity index (χ0) is 15.5. The number of hydrogen-bond acceptors (Lipinski definition) is 6. The molecule has 1 saturated heterocycles. The molecule has 22 heavy (non-hydrogen) atoms. The van der Waals surface area contributed by atoms with Crippen molar-refractivity contribution in [2.75, 3.05) is 23.7 Å². The van der Waals surface area contributed by atoms with Crippen LogP contribution in [0.1, 0.15) is 42.6 Å². The molecule has 0 unspecified atom stereocenters. The molecule has 1 fully saturated rings. The smallest absolute Gasteiger partial charge is 0.222 e. The first-order valence-electron chi connectivity index (χ1n) is 7.83. The quantitative estimate of drug-likeness (QED) is 0.934. The zero-order valence-electron chi connectivity index (χ0n) is 13.2. The summed E-state index contributed by atoms with van der Waals surface area (Å²) in [6.45, 7) is 6.10. The van der Waals surface area contributed by atoms with E-state index in [1.165, 1.54) is 0 Å². The van der Waals surface area contributed by atoms with E-state index < -0.39 is 0 Å². The molecular weight excluding hydrogens is 276 g/mol. The largest absolute Gasteiger partial charge is 0.368 e. The van der Waals surface area contributed by atoms with Crippen molar-refractivity contribution in [3.05, 3.63) is 35.5 Å². The first-order chi connectivity index (χ1) is 10.7. The Kier molecular flexibility index (Phi) is 4.18. The van der Waals surface area contributed by atoms with E-state index in [0.717, 1.165) is 55.1 Å². The van der Waals surface area contributed by atoms with Crippen LogP contribution in [0, 0.1) is 6.92 Å². The molecule has 3 heterocycles.